The first-order chi connectivity index (χ1) is 10.7. The number of carbonyl (C=O) groups is 2. The van der Waals surface area contributed by atoms with Gasteiger partial charge in [0.15, 0.2) is 23.1 Å². The van der Waals surface area contributed by atoms with Gasteiger partial charge in [-0.1, -0.05) is 0 Å². The number of ketones is 2. The van der Waals surface area contributed by atoms with Crippen molar-refractivity contribution in [3.05, 3.63) is 53.9 Å². The van der Waals surface area contributed by atoms with Gasteiger partial charge in [-0.05, 0) is 30.3 Å². The van der Waals surface area contributed by atoms with Crippen LogP contribution in [0.5, 0.6) is 11.5 Å². The van der Waals surface area contributed by atoms with E-state index in [1.807, 2.05) is 0 Å². The molecule has 0 aliphatic heterocycles. The largest absolute Gasteiger partial charge is 0.493 e. The van der Waals surface area contributed by atoms with Crippen LogP contribution in [0.3, 0.4) is 0 Å². The van der Waals surface area contributed by atoms with Gasteiger partial charge in [0.05, 0.1) is 14.2 Å². The highest BCUT2D eigenvalue weighted by molar-refractivity contribution is 6.02. The molecular formula is C17H17NO4. The van der Waals surface area contributed by atoms with Gasteiger partial charge >= 0.3 is 0 Å². The van der Waals surface area contributed by atoms with Crippen molar-refractivity contribution >= 4 is 11.6 Å². The Balaban J connectivity index is 2.02. The van der Waals surface area contributed by atoms with E-state index >= 15 is 0 Å². The predicted molar refractivity (Wildman–Crippen MR) is 81.7 cm³/mol. The Morgan fingerprint density at radius 1 is 0.864 bits per heavy atom. The van der Waals surface area contributed by atoms with Crippen LogP contribution in [0.15, 0.2) is 42.7 Å². The third-order valence-corrected chi connectivity index (χ3v) is 3.29. The molecule has 0 atom stereocenters. The Bertz CT molecular complexity index is 668. The molecule has 0 N–H and O–H groups in total. The van der Waals surface area contributed by atoms with Crippen LogP contribution in [0.4, 0.5) is 0 Å². The predicted octanol–water partition coefficient (Wildman–Crippen LogP) is 2.94. The normalized spacial score (nSPS) is 10.1. The smallest absolute Gasteiger partial charge is 0.163 e. The third kappa shape index (κ3) is 3.69. The molecule has 5 heteroatoms. The van der Waals surface area contributed by atoms with E-state index in [4.69, 9.17) is 9.47 Å². The summed E-state index contributed by atoms with van der Waals surface area (Å²) in [6, 6.07) is 8.25. The number of aromatic nitrogens is 1. The molecule has 0 radical (unpaired) electrons. The van der Waals surface area contributed by atoms with Crippen LogP contribution < -0.4 is 9.47 Å². The minimum absolute atomic E-state index is 0.0729. The number of nitrogens with zero attached hydrogens (tertiary/aromatic N) is 1. The standard InChI is InChI=1S/C17H17NO4/c1-21-16-6-3-13(11-17(16)22-2)15(20)5-4-14(19)12-7-9-18-10-8-12/h3,6-11H,4-5H2,1-2H3. The third-order valence-electron chi connectivity index (χ3n) is 3.29. The van der Waals surface area contributed by atoms with E-state index < -0.39 is 0 Å². The lowest BCUT2D eigenvalue weighted by atomic mass is 10.0. The minimum Gasteiger partial charge on any atom is -0.493 e. The van der Waals surface area contributed by atoms with E-state index in [-0.39, 0.29) is 24.4 Å². The monoisotopic (exact) mass is 299 g/mol. The molecule has 0 spiro atoms. The van der Waals surface area contributed by atoms with E-state index in [0.29, 0.717) is 22.6 Å². The van der Waals surface area contributed by atoms with Crippen LogP contribution in [-0.2, 0) is 0 Å². The zero-order chi connectivity index (χ0) is 15.9. The van der Waals surface area contributed by atoms with Gasteiger partial charge in [-0.15, -0.1) is 0 Å². The molecule has 0 fully saturated rings. The molecule has 0 saturated heterocycles. The van der Waals surface area contributed by atoms with Crippen LogP contribution in [-0.4, -0.2) is 30.8 Å². The summed E-state index contributed by atoms with van der Waals surface area (Å²) in [5.41, 5.74) is 1.07. The number of rotatable bonds is 7. The quantitative estimate of drug-likeness (QED) is 0.735. The number of hydrogen-bond donors (Lipinski definition) is 0. The van der Waals surface area contributed by atoms with Crippen molar-refractivity contribution in [1.82, 2.24) is 4.98 Å². The molecule has 2 rings (SSSR count). The van der Waals surface area contributed by atoms with E-state index in [2.05, 4.69) is 4.98 Å². The van der Waals surface area contributed by atoms with Gasteiger partial charge in [-0.3, -0.25) is 14.6 Å². The Kier molecular flexibility index (Phi) is 5.25. The lowest BCUT2D eigenvalue weighted by Crippen LogP contribution is -2.06. The van der Waals surface area contributed by atoms with E-state index in [1.54, 1.807) is 42.7 Å². The lowest BCUT2D eigenvalue weighted by Gasteiger charge is -2.09. The van der Waals surface area contributed by atoms with Crippen molar-refractivity contribution < 1.29 is 19.1 Å². The average molecular weight is 299 g/mol. The minimum atomic E-state index is -0.108. The highest BCUT2D eigenvalue weighted by atomic mass is 16.5. The van der Waals surface area contributed by atoms with Gasteiger partial charge in [-0.25, -0.2) is 0 Å². The number of methoxy groups -OCH3 is 2. The van der Waals surface area contributed by atoms with Crippen molar-refractivity contribution in [2.75, 3.05) is 14.2 Å². The molecule has 5 nitrogen and oxygen atoms in total. The van der Waals surface area contributed by atoms with Gasteiger partial charge in [0, 0.05) is 36.4 Å². The number of carbonyl (C=O) groups excluding carboxylic acids is 2. The molecule has 0 aliphatic carbocycles. The zero-order valence-corrected chi connectivity index (χ0v) is 12.5. The van der Waals surface area contributed by atoms with Crippen LogP contribution >= 0.6 is 0 Å². The molecule has 0 bridgehead atoms. The van der Waals surface area contributed by atoms with E-state index in [1.165, 1.54) is 14.2 Å². The molecule has 0 aliphatic rings. The van der Waals surface area contributed by atoms with Gasteiger partial charge in [-0.2, -0.15) is 0 Å². The maximum Gasteiger partial charge on any atom is 0.163 e. The zero-order valence-electron chi connectivity index (χ0n) is 12.5. The second-order valence-corrected chi connectivity index (χ2v) is 4.65. The van der Waals surface area contributed by atoms with Gasteiger partial charge in [0.2, 0.25) is 0 Å². The molecule has 114 valence electrons. The number of pyridine rings is 1. The highest BCUT2D eigenvalue weighted by Gasteiger charge is 2.13. The first-order valence-electron chi connectivity index (χ1n) is 6.84. The van der Waals surface area contributed by atoms with Crippen molar-refractivity contribution in [1.29, 1.82) is 0 Å². The lowest BCUT2D eigenvalue weighted by molar-refractivity contribution is 0.0917. The Hall–Kier alpha value is -2.69. The maximum atomic E-state index is 12.2. The maximum absolute atomic E-state index is 12.2. The fourth-order valence-electron chi connectivity index (χ4n) is 2.06. The van der Waals surface area contributed by atoms with Crippen LogP contribution in [0.2, 0.25) is 0 Å². The topological polar surface area (TPSA) is 65.5 Å². The average Bonchev–Trinajstić information content (AvgIpc) is 2.59. The van der Waals surface area contributed by atoms with Crippen LogP contribution in [0.25, 0.3) is 0 Å². The summed E-state index contributed by atoms with van der Waals surface area (Å²) in [4.78, 5) is 28.0. The Morgan fingerprint density at radius 3 is 2.05 bits per heavy atom. The first kappa shape index (κ1) is 15.7. The van der Waals surface area contributed by atoms with Crippen molar-refractivity contribution in [2.24, 2.45) is 0 Å². The number of hydrogen-bond acceptors (Lipinski definition) is 5. The summed E-state index contributed by atoms with van der Waals surface area (Å²) in [6.07, 6.45) is 3.43. The summed E-state index contributed by atoms with van der Waals surface area (Å²) in [5.74, 6) is 0.875. The van der Waals surface area contributed by atoms with E-state index in [9.17, 15) is 9.59 Å². The summed E-state index contributed by atoms with van der Waals surface area (Å²) in [7, 11) is 3.05. The van der Waals surface area contributed by atoms with Gasteiger partial charge in [0.25, 0.3) is 0 Å². The SMILES string of the molecule is COc1ccc(C(=O)CCC(=O)c2ccncc2)cc1OC. The Morgan fingerprint density at radius 2 is 1.45 bits per heavy atom. The number of Topliss-reactive ketones (excluding diaryl/α,β-unsaturated/α-hetero) is 2. The molecule has 1 aromatic carbocycles. The fourth-order valence-corrected chi connectivity index (χ4v) is 2.06. The summed E-state index contributed by atoms with van der Waals surface area (Å²) < 4.78 is 10.3. The molecule has 1 heterocycles. The molecule has 2 aromatic rings. The molecule has 0 saturated carbocycles. The second kappa shape index (κ2) is 7.36. The summed E-state index contributed by atoms with van der Waals surface area (Å²) >= 11 is 0. The molecular weight excluding hydrogens is 282 g/mol. The van der Waals surface area contributed by atoms with E-state index in [0.717, 1.165) is 0 Å². The molecule has 1 aromatic heterocycles. The summed E-state index contributed by atoms with van der Waals surface area (Å²) in [6.45, 7) is 0. The number of ether oxygens (including phenoxy) is 2. The Labute approximate surface area is 128 Å². The van der Waals surface area contributed by atoms with Crippen LogP contribution in [0, 0.1) is 0 Å². The molecule has 0 amide bonds. The first-order valence-corrected chi connectivity index (χ1v) is 6.84. The van der Waals surface area contributed by atoms with Crippen molar-refractivity contribution in [3.8, 4) is 11.5 Å². The van der Waals surface area contributed by atoms with Gasteiger partial charge < -0.3 is 9.47 Å². The van der Waals surface area contributed by atoms with Crippen LogP contribution in [0.1, 0.15) is 33.6 Å². The second-order valence-electron chi connectivity index (χ2n) is 4.65. The highest BCUT2D eigenvalue weighted by Crippen LogP contribution is 2.28. The van der Waals surface area contributed by atoms with Crippen molar-refractivity contribution in [2.45, 2.75) is 12.8 Å². The molecule has 22 heavy (non-hydrogen) atoms. The summed E-state index contributed by atoms with van der Waals surface area (Å²) in [5, 5.41) is 0. The van der Waals surface area contributed by atoms with Gasteiger partial charge in [0.1, 0.15) is 0 Å². The van der Waals surface area contributed by atoms with Crippen molar-refractivity contribution in [3.63, 3.8) is 0 Å². The fraction of sp³-hybridized carbons (Fsp3) is 0.235. The molecule has 0 unspecified atom stereocenters. The number of benzene rings is 1.